The maximum atomic E-state index is 12.7. The summed E-state index contributed by atoms with van der Waals surface area (Å²) < 4.78 is 10.7. The van der Waals surface area contributed by atoms with Gasteiger partial charge in [-0.2, -0.15) is 0 Å². The number of hydrogen-bond donors (Lipinski definition) is 2. The number of allylic oxidation sites excluding steroid dienone is 4. The number of hydrogen-bond acceptors (Lipinski definition) is 5. The summed E-state index contributed by atoms with van der Waals surface area (Å²) in [6.45, 7) is 0.639. The number of ether oxygens (including phenoxy) is 2. The van der Waals surface area contributed by atoms with Gasteiger partial charge in [0.1, 0.15) is 5.82 Å². The molecule has 0 radical (unpaired) electrons. The molecule has 6 nitrogen and oxygen atoms in total. The van der Waals surface area contributed by atoms with Crippen molar-refractivity contribution in [3.8, 4) is 11.5 Å². The zero-order chi connectivity index (χ0) is 21.9. The van der Waals surface area contributed by atoms with Crippen molar-refractivity contribution in [3.63, 3.8) is 0 Å². The second-order valence-electron chi connectivity index (χ2n) is 7.44. The minimum atomic E-state index is -0.111. The van der Waals surface area contributed by atoms with Gasteiger partial charge >= 0.3 is 0 Å². The van der Waals surface area contributed by atoms with Crippen molar-refractivity contribution in [2.45, 2.75) is 13.0 Å². The molecule has 0 unspecified atom stereocenters. The predicted octanol–water partition coefficient (Wildman–Crippen LogP) is 5.12. The van der Waals surface area contributed by atoms with E-state index >= 15 is 0 Å². The van der Waals surface area contributed by atoms with E-state index in [4.69, 9.17) is 21.1 Å². The topological polar surface area (TPSA) is 72.5 Å². The molecule has 5 rings (SSSR count). The molecule has 0 atom stereocenters. The highest BCUT2D eigenvalue weighted by Gasteiger charge is 2.14. The smallest absolute Gasteiger partial charge is 0.247 e. The highest BCUT2D eigenvalue weighted by molar-refractivity contribution is 6.31. The van der Waals surface area contributed by atoms with Gasteiger partial charge in [0.05, 0.1) is 0 Å². The molecular formula is C25H20ClN3O3. The minimum absolute atomic E-state index is 0.111. The second-order valence-corrected chi connectivity index (χ2v) is 7.88. The van der Waals surface area contributed by atoms with Crippen LogP contribution in [0.15, 0.2) is 84.2 Å². The van der Waals surface area contributed by atoms with Crippen molar-refractivity contribution in [2.75, 3.05) is 12.1 Å². The monoisotopic (exact) mass is 445 g/mol. The summed E-state index contributed by atoms with van der Waals surface area (Å²) in [5.74, 6) is 2.03. The Kier molecular flexibility index (Phi) is 5.52. The maximum absolute atomic E-state index is 12.7. The Hall–Kier alpha value is -3.77. The van der Waals surface area contributed by atoms with Gasteiger partial charge in [-0.25, -0.2) is 4.98 Å². The largest absolute Gasteiger partial charge is 0.454 e. The number of pyridine rings is 1. The average Bonchev–Trinajstić information content (AvgIpc) is 3.15. The van der Waals surface area contributed by atoms with Crippen LogP contribution in [0.5, 0.6) is 11.5 Å². The van der Waals surface area contributed by atoms with E-state index in [0.717, 1.165) is 27.8 Å². The van der Waals surface area contributed by atoms with Crippen molar-refractivity contribution in [1.82, 2.24) is 10.3 Å². The van der Waals surface area contributed by atoms with Gasteiger partial charge < -0.3 is 20.1 Å². The van der Waals surface area contributed by atoms with E-state index in [1.54, 1.807) is 6.20 Å². The lowest BCUT2D eigenvalue weighted by atomic mass is 10.1. The number of rotatable bonds is 5. The number of carbonyl (C=O) groups is 1. The van der Waals surface area contributed by atoms with Crippen LogP contribution in [0.25, 0.3) is 10.8 Å². The third-order valence-corrected chi connectivity index (χ3v) is 5.51. The number of carbonyl (C=O) groups excluding carboxylic acids is 1. The van der Waals surface area contributed by atoms with E-state index in [1.807, 2.05) is 66.8 Å². The number of halogens is 1. The first-order valence-electron chi connectivity index (χ1n) is 10.2. The minimum Gasteiger partial charge on any atom is -0.454 e. The van der Waals surface area contributed by atoms with Gasteiger partial charge in [0.15, 0.2) is 11.5 Å². The lowest BCUT2D eigenvalue weighted by Crippen LogP contribution is -2.24. The van der Waals surface area contributed by atoms with E-state index in [2.05, 4.69) is 15.6 Å². The molecule has 32 heavy (non-hydrogen) atoms. The quantitative estimate of drug-likeness (QED) is 0.570. The first kappa shape index (κ1) is 20.2. The fourth-order valence-electron chi connectivity index (χ4n) is 3.60. The van der Waals surface area contributed by atoms with Crippen LogP contribution in [0.3, 0.4) is 0 Å². The zero-order valence-corrected chi connectivity index (χ0v) is 17.9. The highest BCUT2D eigenvalue weighted by Crippen LogP contribution is 2.32. The van der Waals surface area contributed by atoms with E-state index in [9.17, 15) is 4.79 Å². The third-order valence-electron chi connectivity index (χ3n) is 5.27. The standard InChI is InChI=1S/C25H20ClN3O3/c26-19-7-5-17-10-11-27-24(21(17)13-19)29-20-3-1-2-18(6-8-20)25(30)28-14-16-4-9-22-23(12-16)32-15-31-22/h1,3-13H,2,14-15H2,(H,27,29)(H,28,30). The molecular weight excluding hydrogens is 426 g/mol. The van der Waals surface area contributed by atoms with Crippen LogP contribution >= 0.6 is 11.6 Å². The molecule has 1 aliphatic carbocycles. The Balaban J connectivity index is 1.28. The molecule has 2 aromatic carbocycles. The molecule has 1 aromatic heterocycles. The summed E-state index contributed by atoms with van der Waals surface area (Å²) in [6, 6.07) is 13.3. The molecule has 7 heteroatoms. The van der Waals surface area contributed by atoms with Crippen LogP contribution in [-0.4, -0.2) is 17.7 Å². The first-order valence-corrected chi connectivity index (χ1v) is 10.6. The van der Waals surface area contributed by atoms with Gasteiger partial charge in [-0.3, -0.25) is 4.79 Å². The second kappa shape index (κ2) is 8.77. The van der Waals surface area contributed by atoms with Crippen molar-refractivity contribution < 1.29 is 14.3 Å². The Morgan fingerprint density at radius 1 is 1.06 bits per heavy atom. The molecule has 2 N–H and O–H groups in total. The molecule has 1 amide bonds. The molecule has 2 aliphatic rings. The van der Waals surface area contributed by atoms with Crippen LogP contribution in [0.1, 0.15) is 12.0 Å². The van der Waals surface area contributed by atoms with E-state index < -0.39 is 0 Å². The average molecular weight is 446 g/mol. The summed E-state index contributed by atoms with van der Waals surface area (Å²) in [7, 11) is 0. The summed E-state index contributed by atoms with van der Waals surface area (Å²) in [4.78, 5) is 17.1. The van der Waals surface area contributed by atoms with Gasteiger partial charge in [-0.15, -0.1) is 0 Å². The van der Waals surface area contributed by atoms with Crippen molar-refractivity contribution in [1.29, 1.82) is 0 Å². The number of nitrogens with one attached hydrogen (secondary N) is 2. The summed E-state index contributed by atoms with van der Waals surface area (Å²) in [5.41, 5.74) is 2.46. The van der Waals surface area contributed by atoms with Crippen molar-refractivity contribution in [3.05, 3.63) is 94.8 Å². The normalized spacial score (nSPS) is 14.5. The van der Waals surface area contributed by atoms with Crippen molar-refractivity contribution in [2.24, 2.45) is 0 Å². The Morgan fingerprint density at radius 2 is 1.97 bits per heavy atom. The van der Waals surface area contributed by atoms with Gasteiger partial charge in [-0.05, 0) is 59.9 Å². The molecule has 0 saturated carbocycles. The maximum Gasteiger partial charge on any atom is 0.247 e. The summed E-state index contributed by atoms with van der Waals surface area (Å²) >= 11 is 6.16. The van der Waals surface area contributed by atoms with Crippen LogP contribution in [-0.2, 0) is 11.3 Å². The fourth-order valence-corrected chi connectivity index (χ4v) is 3.77. The number of aromatic nitrogens is 1. The van der Waals surface area contributed by atoms with Gasteiger partial charge in [0, 0.05) is 34.4 Å². The van der Waals surface area contributed by atoms with E-state index in [-0.39, 0.29) is 12.7 Å². The van der Waals surface area contributed by atoms with Crippen molar-refractivity contribution >= 4 is 34.1 Å². The van der Waals surface area contributed by atoms with Gasteiger partial charge in [0.25, 0.3) is 0 Å². The highest BCUT2D eigenvalue weighted by atomic mass is 35.5. The molecule has 0 spiro atoms. The molecule has 3 aromatic rings. The van der Waals surface area contributed by atoms with Gasteiger partial charge in [0.2, 0.25) is 12.7 Å². The molecule has 160 valence electrons. The third kappa shape index (κ3) is 4.31. The lowest BCUT2D eigenvalue weighted by molar-refractivity contribution is -0.117. The molecule has 0 bridgehead atoms. The summed E-state index contributed by atoms with van der Waals surface area (Å²) in [6.07, 6.45) is 9.89. The van der Waals surface area contributed by atoms with Crippen LogP contribution in [0.4, 0.5) is 5.82 Å². The number of fused-ring (bicyclic) bond motifs is 2. The van der Waals surface area contributed by atoms with Crippen LogP contribution < -0.4 is 20.1 Å². The van der Waals surface area contributed by atoms with E-state index in [0.29, 0.717) is 35.1 Å². The predicted molar refractivity (Wildman–Crippen MR) is 125 cm³/mol. The fraction of sp³-hybridized carbons (Fsp3) is 0.120. The Morgan fingerprint density at radius 3 is 2.91 bits per heavy atom. The van der Waals surface area contributed by atoms with Crippen LogP contribution in [0, 0.1) is 0 Å². The first-order chi connectivity index (χ1) is 15.7. The van der Waals surface area contributed by atoms with E-state index in [1.165, 1.54) is 0 Å². The van der Waals surface area contributed by atoms with Crippen LogP contribution in [0.2, 0.25) is 5.02 Å². The Bertz CT molecular complexity index is 1300. The number of anilines is 1. The number of nitrogens with zero attached hydrogens (tertiary/aromatic N) is 1. The Labute approximate surface area is 190 Å². The summed E-state index contributed by atoms with van der Waals surface area (Å²) in [5, 5.41) is 8.94. The lowest BCUT2D eigenvalue weighted by Gasteiger charge is -2.09. The molecule has 0 saturated heterocycles. The number of amides is 1. The number of benzene rings is 2. The zero-order valence-electron chi connectivity index (χ0n) is 17.1. The molecule has 2 heterocycles. The molecule has 1 aliphatic heterocycles. The molecule has 0 fully saturated rings. The van der Waals surface area contributed by atoms with Gasteiger partial charge in [-0.1, -0.05) is 35.9 Å². The SMILES string of the molecule is O=C(NCc1ccc2c(c1)OCO2)C1=CC=C(Nc2nccc3ccc(Cl)cc23)C=CC1.